The van der Waals surface area contributed by atoms with Crippen LogP contribution in [0, 0.1) is 0 Å². The van der Waals surface area contributed by atoms with E-state index in [2.05, 4.69) is 26.9 Å². The van der Waals surface area contributed by atoms with Crippen LogP contribution in [0.5, 0.6) is 11.5 Å². The number of para-hydroxylation sites is 1. The van der Waals surface area contributed by atoms with Crippen LogP contribution in [0.2, 0.25) is 0 Å². The Morgan fingerprint density at radius 3 is 2.61 bits per heavy atom. The van der Waals surface area contributed by atoms with Crippen LogP contribution in [0.4, 0.5) is 0 Å². The molecule has 0 spiro atoms. The summed E-state index contributed by atoms with van der Waals surface area (Å²) in [6, 6.07) is 15.9. The molecule has 1 aliphatic carbocycles. The van der Waals surface area contributed by atoms with Crippen molar-refractivity contribution in [2.45, 2.75) is 42.8 Å². The third-order valence-corrected chi connectivity index (χ3v) is 7.22. The lowest BCUT2D eigenvalue weighted by Crippen LogP contribution is -2.32. The highest BCUT2D eigenvalue weighted by molar-refractivity contribution is 7.99. The molecule has 0 bridgehead atoms. The number of carbonyl (C=O) groups is 1. The summed E-state index contributed by atoms with van der Waals surface area (Å²) < 4.78 is 13.1. The normalized spacial score (nSPS) is 17.9. The van der Waals surface area contributed by atoms with Gasteiger partial charge in [0.15, 0.2) is 5.16 Å². The number of carbonyl (C=O) groups excluding carboxylic acids is 1. The number of hydrogen-bond donors (Lipinski definition) is 0. The summed E-state index contributed by atoms with van der Waals surface area (Å²) in [7, 11) is 3.31. The maximum absolute atomic E-state index is 13.3. The number of likely N-dealkylation sites (tertiary alicyclic amines) is 1. The zero-order valence-electron chi connectivity index (χ0n) is 18.9. The maximum atomic E-state index is 13.3. The van der Waals surface area contributed by atoms with Crippen LogP contribution in [0.3, 0.4) is 0 Å². The highest BCUT2D eigenvalue weighted by atomic mass is 32.2. The summed E-state index contributed by atoms with van der Waals surface area (Å²) in [6.07, 6.45) is 4.16. The summed E-state index contributed by atoms with van der Waals surface area (Å²) in [4.78, 5) is 15.3. The molecule has 1 saturated carbocycles. The summed E-state index contributed by atoms with van der Waals surface area (Å²) >= 11 is 1.46. The van der Waals surface area contributed by atoms with Gasteiger partial charge in [0.25, 0.3) is 0 Å². The standard InChI is InChI=1S/C25H28N4O3S/c1-31-19-12-13-22(32-2)20(15-19)21-9-6-14-28(21)23(30)16-33-25-27-26-24(17-10-11-17)29(25)18-7-4-3-5-8-18/h3-5,7-8,12-13,15,17,21H,6,9-11,14,16H2,1-2H3/t21-/m1/s1. The van der Waals surface area contributed by atoms with Gasteiger partial charge in [-0.2, -0.15) is 0 Å². The Morgan fingerprint density at radius 1 is 1.06 bits per heavy atom. The third kappa shape index (κ3) is 4.44. The van der Waals surface area contributed by atoms with E-state index in [1.54, 1.807) is 14.2 Å². The second-order valence-corrected chi connectivity index (χ2v) is 9.37. The smallest absolute Gasteiger partial charge is 0.233 e. The van der Waals surface area contributed by atoms with Gasteiger partial charge >= 0.3 is 0 Å². The molecule has 1 amide bonds. The van der Waals surface area contributed by atoms with E-state index in [9.17, 15) is 4.79 Å². The number of benzene rings is 2. The van der Waals surface area contributed by atoms with Crippen molar-refractivity contribution in [2.24, 2.45) is 0 Å². The third-order valence-electron chi connectivity index (χ3n) is 6.31. The van der Waals surface area contributed by atoms with Gasteiger partial charge in [0, 0.05) is 23.7 Å². The summed E-state index contributed by atoms with van der Waals surface area (Å²) in [5.74, 6) is 3.43. The van der Waals surface area contributed by atoms with Crippen molar-refractivity contribution < 1.29 is 14.3 Å². The van der Waals surface area contributed by atoms with E-state index in [4.69, 9.17) is 9.47 Å². The van der Waals surface area contributed by atoms with Crippen molar-refractivity contribution >= 4 is 17.7 Å². The number of aromatic nitrogens is 3. The topological polar surface area (TPSA) is 69.5 Å². The average molecular weight is 465 g/mol. The zero-order chi connectivity index (χ0) is 22.8. The van der Waals surface area contributed by atoms with Crippen LogP contribution in [0.1, 0.15) is 49.0 Å². The monoisotopic (exact) mass is 464 g/mol. The molecule has 0 unspecified atom stereocenters. The number of thioether (sulfide) groups is 1. The Balaban J connectivity index is 1.35. The van der Waals surface area contributed by atoms with Gasteiger partial charge in [0.2, 0.25) is 5.91 Å². The van der Waals surface area contributed by atoms with E-state index in [-0.39, 0.29) is 11.9 Å². The van der Waals surface area contributed by atoms with Crippen LogP contribution in [-0.2, 0) is 4.79 Å². The zero-order valence-corrected chi connectivity index (χ0v) is 19.8. The first-order valence-electron chi connectivity index (χ1n) is 11.3. The molecule has 8 heteroatoms. The second-order valence-electron chi connectivity index (χ2n) is 8.43. The number of methoxy groups -OCH3 is 2. The van der Waals surface area contributed by atoms with Gasteiger partial charge < -0.3 is 14.4 Å². The van der Waals surface area contributed by atoms with Gasteiger partial charge in [-0.1, -0.05) is 30.0 Å². The lowest BCUT2D eigenvalue weighted by Gasteiger charge is -2.26. The van der Waals surface area contributed by atoms with Crippen molar-refractivity contribution in [3.05, 3.63) is 59.9 Å². The highest BCUT2D eigenvalue weighted by Gasteiger charge is 2.34. The molecule has 1 atom stereocenters. The molecule has 2 heterocycles. The fraction of sp³-hybridized carbons (Fsp3) is 0.400. The molecule has 1 saturated heterocycles. The molecule has 1 aromatic heterocycles. The Hall–Kier alpha value is -3.00. The molecule has 172 valence electrons. The van der Waals surface area contributed by atoms with Gasteiger partial charge in [-0.15, -0.1) is 10.2 Å². The van der Waals surface area contributed by atoms with Gasteiger partial charge in [-0.25, -0.2) is 0 Å². The predicted molar refractivity (Wildman–Crippen MR) is 127 cm³/mol. The lowest BCUT2D eigenvalue weighted by molar-refractivity contribution is -0.129. The fourth-order valence-corrected chi connectivity index (χ4v) is 5.34. The van der Waals surface area contributed by atoms with Gasteiger partial charge in [0.1, 0.15) is 17.3 Å². The molecule has 2 aromatic carbocycles. The van der Waals surface area contributed by atoms with Crippen LogP contribution in [0.25, 0.3) is 5.69 Å². The van der Waals surface area contributed by atoms with Crippen molar-refractivity contribution in [1.82, 2.24) is 19.7 Å². The van der Waals surface area contributed by atoms with Gasteiger partial charge in [-0.05, 0) is 56.0 Å². The summed E-state index contributed by atoms with van der Waals surface area (Å²) in [5, 5.41) is 9.69. The van der Waals surface area contributed by atoms with Crippen LogP contribution in [0.15, 0.2) is 53.7 Å². The maximum Gasteiger partial charge on any atom is 0.233 e. The first kappa shape index (κ1) is 21.8. The molecule has 0 N–H and O–H groups in total. The number of nitrogens with zero attached hydrogens (tertiary/aromatic N) is 4. The molecule has 33 heavy (non-hydrogen) atoms. The average Bonchev–Trinajstić information content (AvgIpc) is 3.43. The first-order valence-corrected chi connectivity index (χ1v) is 12.3. The van der Waals surface area contributed by atoms with Crippen LogP contribution in [-0.4, -0.2) is 52.1 Å². The Labute approximate surface area is 198 Å². The summed E-state index contributed by atoms with van der Waals surface area (Å²) in [6.45, 7) is 0.739. The molecule has 7 nitrogen and oxygen atoms in total. The molecule has 3 aromatic rings. The quantitative estimate of drug-likeness (QED) is 0.453. The highest BCUT2D eigenvalue weighted by Crippen LogP contribution is 2.42. The van der Waals surface area contributed by atoms with E-state index in [1.807, 2.05) is 41.3 Å². The Bertz CT molecular complexity index is 1130. The van der Waals surface area contributed by atoms with Crippen molar-refractivity contribution in [3.63, 3.8) is 0 Å². The number of hydrogen-bond acceptors (Lipinski definition) is 6. The number of ether oxygens (including phenoxy) is 2. The Kier molecular flexibility index (Phi) is 6.26. The van der Waals surface area contributed by atoms with E-state index in [1.165, 1.54) is 11.8 Å². The minimum absolute atomic E-state index is 0.0165. The number of rotatable bonds is 8. The molecular weight excluding hydrogens is 436 g/mol. The molecule has 5 rings (SSSR count). The van der Waals surface area contributed by atoms with Crippen molar-refractivity contribution in [2.75, 3.05) is 26.5 Å². The van der Waals surface area contributed by atoms with Crippen LogP contribution >= 0.6 is 11.8 Å². The minimum Gasteiger partial charge on any atom is -0.497 e. The van der Waals surface area contributed by atoms with E-state index < -0.39 is 0 Å². The molecule has 0 radical (unpaired) electrons. The fourth-order valence-electron chi connectivity index (χ4n) is 4.50. The van der Waals surface area contributed by atoms with E-state index in [0.29, 0.717) is 11.7 Å². The first-order chi connectivity index (χ1) is 16.2. The molecule has 2 aliphatic rings. The molecule has 1 aliphatic heterocycles. The van der Waals surface area contributed by atoms with Crippen LogP contribution < -0.4 is 9.47 Å². The number of amides is 1. The van der Waals surface area contributed by atoms with Gasteiger partial charge in [-0.3, -0.25) is 9.36 Å². The summed E-state index contributed by atoms with van der Waals surface area (Å²) in [5.41, 5.74) is 2.04. The van der Waals surface area contributed by atoms with Crippen molar-refractivity contribution in [3.8, 4) is 17.2 Å². The predicted octanol–water partition coefficient (Wildman–Crippen LogP) is 4.62. The lowest BCUT2D eigenvalue weighted by atomic mass is 10.0. The van der Waals surface area contributed by atoms with E-state index >= 15 is 0 Å². The second kappa shape index (κ2) is 9.47. The molecular formula is C25H28N4O3S. The van der Waals surface area contributed by atoms with Gasteiger partial charge in [0.05, 0.1) is 26.0 Å². The van der Waals surface area contributed by atoms with Crippen molar-refractivity contribution in [1.29, 1.82) is 0 Å². The largest absolute Gasteiger partial charge is 0.497 e. The Morgan fingerprint density at radius 2 is 1.88 bits per heavy atom. The SMILES string of the molecule is COc1ccc(OC)c([C@H]2CCCN2C(=O)CSc2nnc(C3CC3)n2-c2ccccc2)c1. The minimum atomic E-state index is -0.0165. The van der Waals surface area contributed by atoms with E-state index in [0.717, 1.165) is 66.0 Å². The molecule has 2 fully saturated rings.